The van der Waals surface area contributed by atoms with Crippen molar-refractivity contribution in [2.75, 3.05) is 0 Å². The molecule has 0 aliphatic carbocycles. The smallest absolute Gasteiger partial charge is 0.416 e. The summed E-state index contributed by atoms with van der Waals surface area (Å²) < 4.78 is 43.4. The SMILES string of the molecule is NCc1ncc(Oc2ccc(C(F)(F)F)cc2)c2ccccc12. The van der Waals surface area contributed by atoms with Crippen molar-refractivity contribution in [2.45, 2.75) is 12.7 Å². The zero-order chi connectivity index (χ0) is 16.4. The number of rotatable bonds is 3. The molecule has 23 heavy (non-hydrogen) atoms. The minimum atomic E-state index is -4.37. The standard InChI is InChI=1S/C17H13F3N2O/c18-17(19,20)11-5-7-12(8-6-11)23-16-10-22-15(9-21)13-3-1-2-4-14(13)16/h1-8,10H,9,21H2. The van der Waals surface area contributed by atoms with Crippen LogP contribution in [-0.2, 0) is 12.7 Å². The fourth-order valence-corrected chi connectivity index (χ4v) is 2.31. The summed E-state index contributed by atoms with van der Waals surface area (Å²) in [5.74, 6) is 0.781. The van der Waals surface area contributed by atoms with Crippen LogP contribution in [0, 0.1) is 0 Å². The van der Waals surface area contributed by atoms with Crippen LogP contribution in [-0.4, -0.2) is 4.98 Å². The van der Waals surface area contributed by atoms with Gasteiger partial charge >= 0.3 is 6.18 Å². The summed E-state index contributed by atoms with van der Waals surface area (Å²) in [6, 6.07) is 12.0. The summed E-state index contributed by atoms with van der Waals surface area (Å²) in [7, 11) is 0. The van der Waals surface area contributed by atoms with Gasteiger partial charge in [0.15, 0.2) is 5.75 Å². The maximum absolute atomic E-state index is 12.6. The molecule has 0 unspecified atom stereocenters. The highest BCUT2D eigenvalue weighted by Crippen LogP contribution is 2.33. The van der Waals surface area contributed by atoms with Crippen molar-refractivity contribution in [3.63, 3.8) is 0 Å². The molecule has 0 aliphatic heterocycles. The Kier molecular flexibility index (Phi) is 3.92. The van der Waals surface area contributed by atoms with Gasteiger partial charge in [-0.3, -0.25) is 4.98 Å². The fraction of sp³-hybridized carbons (Fsp3) is 0.118. The third-order valence-electron chi connectivity index (χ3n) is 3.44. The van der Waals surface area contributed by atoms with Crippen molar-refractivity contribution in [1.82, 2.24) is 4.98 Å². The molecule has 0 bridgehead atoms. The molecule has 0 fully saturated rings. The number of hydrogen-bond acceptors (Lipinski definition) is 3. The molecule has 0 radical (unpaired) electrons. The molecule has 0 atom stereocenters. The molecule has 0 saturated carbocycles. The Balaban J connectivity index is 1.96. The topological polar surface area (TPSA) is 48.1 Å². The number of pyridine rings is 1. The van der Waals surface area contributed by atoms with Crippen LogP contribution in [0.5, 0.6) is 11.5 Å². The minimum absolute atomic E-state index is 0.293. The lowest BCUT2D eigenvalue weighted by atomic mass is 10.1. The Morgan fingerprint density at radius 3 is 2.22 bits per heavy atom. The Bertz CT molecular complexity index is 829. The van der Waals surface area contributed by atoms with Gasteiger partial charge in [-0.25, -0.2) is 0 Å². The number of alkyl halides is 3. The summed E-state index contributed by atoms with van der Waals surface area (Å²) in [6.45, 7) is 0.293. The van der Waals surface area contributed by atoms with Gasteiger partial charge in [0.2, 0.25) is 0 Å². The van der Waals surface area contributed by atoms with Crippen LogP contribution in [0.4, 0.5) is 13.2 Å². The van der Waals surface area contributed by atoms with Crippen molar-refractivity contribution in [1.29, 1.82) is 0 Å². The van der Waals surface area contributed by atoms with Crippen molar-refractivity contribution in [3.8, 4) is 11.5 Å². The highest BCUT2D eigenvalue weighted by Gasteiger charge is 2.30. The zero-order valence-electron chi connectivity index (χ0n) is 12.0. The molecule has 0 saturated heterocycles. The van der Waals surface area contributed by atoms with Gasteiger partial charge in [0.05, 0.1) is 17.5 Å². The molecule has 3 nitrogen and oxygen atoms in total. The van der Waals surface area contributed by atoms with Crippen LogP contribution in [0.2, 0.25) is 0 Å². The molecule has 1 aromatic heterocycles. The van der Waals surface area contributed by atoms with Gasteiger partial charge < -0.3 is 10.5 Å². The average molecular weight is 318 g/mol. The first-order chi connectivity index (χ1) is 11.0. The number of hydrogen-bond donors (Lipinski definition) is 1. The van der Waals surface area contributed by atoms with Gasteiger partial charge in [-0.1, -0.05) is 24.3 Å². The lowest BCUT2D eigenvalue weighted by Gasteiger charge is -2.12. The molecule has 3 aromatic rings. The molecule has 3 rings (SSSR count). The quantitative estimate of drug-likeness (QED) is 0.773. The van der Waals surface area contributed by atoms with Crippen molar-refractivity contribution >= 4 is 10.8 Å². The van der Waals surface area contributed by atoms with E-state index in [2.05, 4.69) is 4.98 Å². The van der Waals surface area contributed by atoms with E-state index < -0.39 is 11.7 Å². The van der Waals surface area contributed by atoms with Gasteiger partial charge in [0, 0.05) is 17.3 Å². The van der Waals surface area contributed by atoms with Crippen LogP contribution >= 0.6 is 0 Å². The zero-order valence-corrected chi connectivity index (χ0v) is 12.0. The Morgan fingerprint density at radius 1 is 0.957 bits per heavy atom. The number of halogens is 3. The van der Waals surface area contributed by atoms with E-state index in [1.54, 1.807) is 0 Å². The highest BCUT2D eigenvalue weighted by atomic mass is 19.4. The fourth-order valence-electron chi connectivity index (χ4n) is 2.31. The van der Waals surface area contributed by atoms with Gasteiger partial charge in [0.1, 0.15) is 5.75 Å². The molecule has 6 heteroatoms. The van der Waals surface area contributed by atoms with E-state index in [0.717, 1.165) is 28.6 Å². The Labute approximate surface area is 130 Å². The monoisotopic (exact) mass is 318 g/mol. The summed E-state index contributed by atoms with van der Waals surface area (Å²) in [5, 5.41) is 1.67. The predicted octanol–water partition coefficient (Wildman–Crippen LogP) is 4.50. The predicted molar refractivity (Wildman–Crippen MR) is 81.2 cm³/mol. The Hall–Kier alpha value is -2.60. The lowest BCUT2D eigenvalue weighted by Crippen LogP contribution is -2.04. The van der Waals surface area contributed by atoms with Gasteiger partial charge in [-0.15, -0.1) is 0 Å². The normalized spacial score (nSPS) is 11.7. The summed E-state index contributed by atoms with van der Waals surface area (Å²) in [4.78, 5) is 4.25. The average Bonchev–Trinajstić information content (AvgIpc) is 2.55. The molecular formula is C17H13F3N2O. The Morgan fingerprint density at radius 2 is 1.61 bits per heavy atom. The van der Waals surface area contributed by atoms with E-state index in [9.17, 15) is 13.2 Å². The molecule has 0 spiro atoms. The highest BCUT2D eigenvalue weighted by molar-refractivity contribution is 5.89. The summed E-state index contributed by atoms with van der Waals surface area (Å²) in [6.07, 6.45) is -2.84. The largest absolute Gasteiger partial charge is 0.455 e. The number of aromatic nitrogens is 1. The van der Waals surface area contributed by atoms with Crippen molar-refractivity contribution in [3.05, 3.63) is 66.0 Å². The maximum Gasteiger partial charge on any atom is 0.416 e. The van der Waals surface area contributed by atoms with Crippen molar-refractivity contribution in [2.24, 2.45) is 5.73 Å². The third-order valence-corrected chi connectivity index (χ3v) is 3.44. The summed E-state index contributed by atoms with van der Waals surface area (Å²) in [5.41, 5.74) is 5.69. The van der Waals surface area contributed by atoms with E-state index in [0.29, 0.717) is 18.0 Å². The first kappa shape index (κ1) is 15.3. The maximum atomic E-state index is 12.6. The van der Waals surface area contributed by atoms with Crippen LogP contribution < -0.4 is 10.5 Å². The van der Waals surface area contributed by atoms with Crippen LogP contribution in [0.3, 0.4) is 0 Å². The van der Waals surface area contributed by atoms with Crippen LogP contribution in [0.15, 0.2) is 54.7 Å². The van der Waals surface area contributed by atoms with Gasteiger partial charge in [-0.2, -0.15) is 13.2 Å². The number of ether oxygens (including phenoxy) is 1. The summed E-state index contributed by atoms with van der Waals surface area (Å²) >= 11 is 0. The molecule has 0 aliphatic rings. The van der Waals surface area contributed by atoms with E-state index in [1.807, 2.05) is 24.3 Å². The van der Waals surface area contributed by atoms with E-state index in [1.165, 1.54) is 18.3 Å². The van der Waals surface area contributed by atoms with Gasteiger partial charge in [0.25, 0.3) is 0 Å². The molecule has 2 N–H and O–H groups in total. The molecule has 2 aromatic carbocycles. The van der Waals surface area contributed by atoms with Crippen LogP contribution in [0.25, 0.3) is 10.8 Å². The lowest BCUT2D eigenvalue weighted by molar-refractivity contribution is -0.137. The number of nitrogens with two attached hydrogens (primary N) is 1. The first-order valence-electron chi connectivity index (χ1n) is 6.91. The molecule has 118 valence electrons. The molecule has 1 heterocycles. The minimum Gasteiger partial charge on any atom is -0.455 e. The second-order valence-corrected chi connectivity index (χ2v) is 4.94. The number of nitrogens with zero attached hydrogens (tertiary/aromatic N) is 1. The van der Waals surface area contributed by atoms with Gasteiger partial charge in [-0.05, 0) is 24.3 Å². The van der Waals surface area contributed by atoms with E-state index in [4.69, 9.17) is 10.5 Å². The number of benzene rings is 2. The first-order valence-corrected chi connectivity index (χ1v) is 6.91. The van der Waals surface area contributed by atoms with E-state index in [-0.39, 0.29) is 0 Å². The number of fused-ring (bicyclic) bond motifs is 1. The second kappa shape index (κ2) is 5.89. The van der Waals surface area contributed by atoms with Crippen molar-refractivity contribution < 1.29 is 17.9 Å². The van der Waals surface area contributed by atoms with Crippen LogP contribution in [0.1, 0.15) is 11.3 Å². The molecule has 0 amide bonds. The third kappa shape index (κ3) is 3.12. The molecular weight excluding hydrogens is 305 g/mol. The second-order valence-electron chi connectivity index (χ2n) is 4.94. The van der Waals surface area contributed by atoms with E-state index >= 15 is 0 Å².